The van der Waals surface area contributed by atoms with Gasteiger partial charge in [-0.25, -0.2) is 0 Å². The van der Waals surface area contributed by atoms with Crippen molar-refractivity contribution in [2.45, 2.75) is 17.1 Å². The van der Waals surface area contributed by atoms with Crippen LogP contribution in [-0.4, -0.2) is 15.1 Å². The van der Waals surface area contributed by atoms with E-state index in [0.29, 0.717) is 27.4 Å². The van der Waals surface area contributed by atoms with Crippen LogP contribution in [0.1, 0.15) is 18.1 Å². The van der Waals surface area contributed by atoms with Crippen molar-refractivity contribution in [1.29, 1.82) is 0 Å². The fraction of sp³-hybridized carbons (Fsp3) is 0.125. The summed E-state index contributed by atoms with van der Waals surface area (Å²) in [6.07, 6.45) is 0. The molecule has 0 N–H and O–H groups in total. The van der Waals surface area contributed by atoms with E-state index >= 15 is 0 Å². The number of halogens is 2. The van der Waals surface area contributed by atoms with Gasteiger partial charge in [0.2, 0.25) is 11.8 Å². The molecule has 1 aromatic heterocycles. The summed E-state index contributed by atoms with van der Waals surface area (Å²) in [4.78, 5) is 11.1. The zero-order valence-corrected chi connectivity index (χ0v) is 15.2. The van der Waals surface area contributed by atoms with Gasteiger partial charge in [-0.3, -0.25) is 10.1 Å². The Bertz CT molecular complexity index is 915. The summed E-state index contributed by atoms with van der Waals surface area (Å²) in [5, 5.41) is 19.8. The minimum Gasteiger partial charge on any atom is -0.419 e. The molecule has 0 amide bonds. The summed E-state index contributed by atoms with van der Waals surface area (Å²) in [6.45, 7) is 1.91. The van der Waals surface area contributed by atoms with Crippen LogP contribution in [0, 0.1) is 10.1 Å². The van der Waals surface area contributed by atoms with E-state index in [1.807, 2.05) is 6.92 Å². The molecular weight excluding hydrogens is 385 g/mol. The number of aromatic nitrogens is 2. The van der Waals surface area contributed by atoms with Crippen molar-refractivity contribution in [3.63, 3.8) is 0 Å². The Hall–Kier alpha value is -2.09. The molecule has 6 nitrogen and oxygen atoms in total. The topological polar surface area (TPSA) is 82.1 Å². The zero-order chi connectivity index (χ0) is 18.0. The van der Waals surface area contributed by atoms with Crippen LogP contribution in [0.15, 0.2) is 51.8 Å². The maximum Gasteiger partial charge on any atom is 0.269 e. The van der Waals surface area contributed by atoms with Gasteiger partial charge in [-0.05, 0) is 37.3 Å². The van der Waals surface area contributed by atoms with Gasteiger partial charge in [0, 0.05) is 27.6 Å². The standard InChI is InChI=1S/C16H11Cl2N3O3S/c1-9(25-14-8-11(17)4-7-13(14)18)15-19-20-16(24-15)10-2-5-12(6-3-10)21(22)23/h2-9H,1H3/t9-/m1/s1. The Morgan fingerprint density at radius 2 is 1.88 bits per heavy atom. The van der Waals surface area contributed by atoms with E-state index in [1.54, 1.807) is 30.3 Å². The summed E-state index contributed by atoms with van der Waals surface area (Å²) in [5.41, 5.74) is 0.616. The van der Waals surface area contributed by atoms with E-state index in [-0.39, 0.29) is 10.9 Å². The predicted octanol–water partition coefficient (Wildman–Crippen LogP) is 5.80. The lowest BCUT2D eigenvalue weighted by atomic mass is 10.2. The molecular formula is C16H11Cl2N3O3S. The highest BCUT2D eigenvalue weighted by molar-refractivity contribution is 7.99. The van der Waals surface area contributed by atoms with E-state index in [0.717, 1.165) is 4.90 Å². The molecule has 128 valence electrons. The molecule has 0 aliphatic carbocycles. The molecule has 1 atom stereocenters. The highest BCUT2D eigenvalue weighted by atomic mass is 35.5. The molecule has 0 saturated heterocycles. The van der Waals surface area contributed by atoms with Gasteiger partial charge in [0.05, 0.1) is 15.2 Å². The van der Waals surface area contributed by atoms with Gasteiger partial charge >= 0.3 is 0 Å². The van der Waals surface area contributed by atoms with E-state index in [1.165, 1.54) is 23.9 Å². The van der Waals surface area contributed by atoms with Crippen LogP contribution in [0.3, 0.4) is 0 Å². The Labute approximate surface area is 157 Å². The molecule has 0 fully saturated rings. The molecule has 3 rings (SSSR count). The molecule has 0 aliphatic rings. The molecule has 0 bridgehead atoms. The van der Waals surface area contributed by atoms with Crippen LogP contribution < -0.4 is 0 Å². The van der Waals surface area contributed by atoms with Gasteiger partial charge < -0.3 is 4.42 Å². The molecule has 25 heavy (non-hydrogen) atoms. The average Bonchev–Trinajstić information content (AvgIpc) is 3.08. The zero-order valence-electron chi connectivity index (χ0n) is 12.8. The Morgan fingerprint density at radius 1 is 1.16 bits per heavy atom. The molecule has 3 aromatic rings. The number of non-ortho nitro benzene ring substituents is 1. The lowest BCUT2D eigenvalue weighted by molar-refractivity contribution is -0.384. The molecule has 0 aliphatic heterocycles. The van der Waals surface area contributed by atoms with Gasteiger partial charge in [0.1, 0.15) is 0 Å². The number of benzene rings is 2. The fourth-order valence-corrected chi connectivity index (χ4v) is 3.49. The van der Waals surface area contributed by atoms with E-state index in [4.69, 9.17) is 27.6 Å². The molecule has 0 saturated carbocycles. The van der Waals surface area contributed by atoms with Crippen molar-refractivity contribution >= 4 is 40.7 Å². The Kier molecular flexibility index (Phi) is 5.27. The number of rotatable bonds is 5. The second kappa shape index (κ2) is 7.43. The van der Waals surface area contributed by atoms with Crippen LogP contribution in [0.25, 0.3) is 11.5 Å². The third kappa shape index (κ3) is 4.12. The third-order valence-corrected chi connectivity index (χ3v) is 5.13. The lowest BCUT2D eigenvalue weighted by Crippen LogP contribution is -1.89. The first-order valence-corrected chi connectivity index (χ1v) is 8.77. The van der Waals surface area contributed by atoms with Crippen LogP contribution in [0.5, 0.6) is 0 Å². The maximum absolute atomic E-state index is 10.7. The van der Waals surface area contributed by atoms with Gasteiger partial charge in [-0.1, -0.05) is 23.2 Å². The third-order valence-electron chi connectivity index (χ3n) is 3.31. The first-order valence-electron chi connectivity index (χ1n) is 7.14. The average molecular weight is 396 g/mol. The van der Waals surface area contributed by atoms with Crippen molar-refractivity contribution in [2.24, 2.45) is 0 Å². The van der Waals surface area contributed by atoms with Crippen LogP contribution in [0.2, 0.25) is 10.0 Å². The first kappa shape index (κ1) is 17.7. The van der Waals surface area contributed by atoms with Crippen molar-refractivity contribution < 1.29 is 9.34 Å². The van der Waals surface area contributed by atoms with E-state index in [2.05, 4.69) is 10.2 Å². The van der Waals surface area contributed by atoms with E-state index < -0.39 is 4.92 Å². The summed E-state index contributed by atoms with van der Waals surface area (Å²) in [5.74, 6) is 0.726. The molecule has 0 unspecified atom stereocenters. The Morgan fingerprint density at radius 3 is 2.56 bits per heavy atom. The van der Waals surface area contributed by atoms with Crippen molar-refractivity contribution in [1.82, 2.24) is 10.2 Å². The molecule has 0 radical (unpaired) electrons. The summed E-state index contributed by atoms with van der Waals surface area (Å²) < 4.78 is 5.69. The van der Waals surface area contributed by atoms with E-state index in [9.17, 15) is 10.1 Å². The number of hydrogen-bond acceptors (Lipinski definition) is 6. The maximum atomic E-state index is 10.7. The van der Waals surface area contributed by atoms with Crippen molar-refractivity contribution in [2.75, 3.05) is 0 Å². The molecule has 2 aromatic carbocycles. The summed E-state index contributed by atoms with van der Waals surface area (Å²) in [7, 11) is 0. The van der Waals surface area contributed by atoms with Gasteiger partial charge in [-0.15, -0.1) is 22.0 Å². The highest BCUT2D eigenvalue weighted by Gasteiger charge is 2.18. The number of nitro benzene ring substituents is 1. The number of thioether (sulfide) groups is 1. The molecule has 0 spiro atoms. The summed E-state index contributed by atoms with van der Waals surface area (Å²) >= 11 is 13.6. The Balaban J connectivity index is 1.78. The second-order valence-corrected chi connectivity index (χ2v) is 7.31. The fourth-order valence-electron chi connectivity index (χ4n) is 2.05. The number of nitrogens with zero attached hydrogens (tertiary/aromatic N) is 3. The quantitative estimate of drug-likeness (QED) is 0.308. The second-order valence-electron chi connectivity index (χ2n) is 5.08. The number of nitro groups is 1. The van der Waals surface area contributed by atoms with Crippen molar-refractivity contribution in [3.05, 3.63) is 68.5 Å². The molecule has 1 heterocycles. The SMILES string of the molecule is C[C@@H](Sc1cc(Cl)ccc1Cl)c1nnc(-c2ccc([N+](=O)[O-])cc2)o1. The van der Waals surface area contributed by atoms with Crippen LogP contribution in [-0.2, 0) is 0 Å². The normalized spacial score (nSPS) is 12.1. The minimum absolute atomic E-state index is 0.00279. The minimum atomic E-state index is -0.462. The van der Waals surface area contributed by atoms with Crippen LogP contribution in [0.4, 0.5) is 5.69 Å². The van der Waals surface area contributed by atoms with Gasteiger partial charge in [-0.2, -0.15) is 0 Å². The smallest absolute Gasteiger partial charge is 0.269 e. The largest absolute Gasteiger partial charge is 0.419 e. The van der Waals surface area contributed by atoms with Gasteiger partial charge in [0.15, 0.2) is 0 Å². The monoisotopic (exact) mass is 395 g/mol. The van der Waals surface area contributed by atoms with Crippen LogP contribution >= 0.6 is 35.0 Å². The lowest BCUT2D eigenvalue weighted by Gasteiger charge is -2.08. The first-order chi connectivity index (χ1) is 11.9. The molecule has 9 heteroatoms. The predicted molar refractivity (Wildman–Crippen MR) is 97.1 cm³/mol. The number of hydrogen-bond donors (Lipinski definition) is 0. The van der Waals surface area contributed by atoms with Gasteiger partial charge in [0.25, 0.3) is 5.69 Å². The highest BCUT2D eigenvalue weighted by Crippen LogP contribution is 2.39. The summed E-state index contributed by atoms with van der Waals surface area (Å²) in [6, 6.07) is 11.2. The van der Waals surface area contributed by atoms with Crippen molar-refractivity contribution in [3.8, 4) is 11.5 Å².